The van der Waals surface area contributed by atoms with Gasteiger partial charge in [-0.05, 0) is 37.3 Å². The third-order valence-corrected chi connectivity index (χ3v) is 3.40. The number of rotatable bonds is 5. The number of hydrogen-bond acceptors (Lipinski definition) is 3. The molecule has 1 saturated heterocycles. The van der Waals surface area contributed by atoms with Gasteiger partial charge in [0.05, 0.1) is 0 Å². The quantitative estimate of drug-likeness (QED) is 0.701. The Bertz CT molecular complexity index is 310. The van der Waals surface area contributed by atoms with Crippen LogP contribution < -0.4 is 16.4 Å². The first-order chi connectivity index (χ1) is 8.30. The van der Waals surface area contributed by atoms with Gasteiger partial charge in [-0.25, -0.2) is 0 Å². The van der Waals surface area contributed by atoms with E-state index in [4.69, 9.17) is 5.73 Å². The monoisotopic (exact) mass is 291 g/mol. The lowest BCUT2D eigenvalue weighted by Gasteiger charge is -2.28. The standard InChI is InChI=1S/C13H25N3O2.ClH/c1-13(2,3)11(12(14)18)16-10(17)5-4-9-6-7-15-8-9;/h9,11,15H,4-8H2,1-3H3,(H2,14,18)(H,16,17);1H/t9?,11-;/m1./s1. The van der Waals surface area contributed by atoms with E-state index in [9.17, 15) is 9.59 Å². The topological polar surface area (TPSA) is 84.2 Å². The number of hydrogen-bond donors (Lipinski definition) is 3. The summed E-state index contributed by atoms with van der Waals surface area (Å²) < 4.78 is 0. The van der Waals surface area contributed by atoms with Crippen LogP contribution in [0.5, 0.6) is 0 Å². The fraction of sp³-hybridized carbons (Fsp3) is 0.846. The molecule has 0 radical (unpaired) electrons. The van der Waals surface area contributed by atoms with Crippen LogP contribution in [0.2, 0.25) is 0 Å². The lowest BCUT2D eigenvalue weighted by molar-refractivity contribution is -0.129. The van der Waals surface area contributed by atoms with Crippen LogP contribution in [-0.4, -0.2) is 30.9 Å². The summed E-state index contributed by atoms with van der Waals surface area (Å²) in [5.74, 6) is 0.0245. The number of carbonyl (C=O) groups excluding carboxylic acids is 2. The van der Waals surface area contributed by atoms with Gasteiger partial charge in [0.2, 0.25) is 11.8 Å². The van der Waals surface area contributed by atoms with Gasteiger partial charge in [0.25, 0.3) is 0 Å². The van der Waals surface area contributed by atoms with Crippen molar-refractivity contribution in [2.45, 2.75) is 46.1 Å². The Labute approximate surface area is 121 Å². The van der Waals surface area contributed by atoms with Crippen LogP contribution in [0.1, 0.15) is 40.0 Å². The normalized spacial score (nSPS) is 20.5. The largest absolute Gasteiger partial charge is 0.368 e. The van der Waals surface area contributed by atoms with Crippen LogP contribution in [0.3, 0.4) is 0 Å². The second kappa shape index (κ2) is 7.70. The van der Waals surface area contributed by atoms with Gasteiger partial charge >= 0.3 is 0 Å². The van der Waals surface area contributed by atoms with E-state index in [-0.39, 0.29) is 23.7 Å². The Kier molecular flexibility index (Phi) is 7.37. The molecule has 1 fully saturated rings. The number of halogens is 1. The second-order valence-electron chi connectivity index (χ2n) is 6.17. The molecule has 0 aromatic heterocycles. The Morgan fingerprint density at radius 2 is 2.05 bits per heavy atom. The maximum absolute atomic E-state index is 11.8. The van der Waals surface area contributed by atoms with Crippen molar-refractivity contribution in [1.29, 1.82) is 0 Å². The first-order valence-electron chi connectivity index (χ1n) is 6.60. The molecular weight excluding hydrogens is 266 g/mol. The second-order valence-corrected chi connectivity index (χ2v) is 6.17. The zero-order valence-corrected chi connectivity index (χ0v) is 12.8. The molecule has 2 amide bonds. The van der Waals surface area contributed by atoms with Crippen LogP contribution in [-0.2, 0) is 9.59 Å². The fourth-order valence-electron chi connectivity index (χ4n) is 2.24. The molecule has 0 saturated carbocycles. The molecule has 5 nitrogen and oxygen atoms in total. The highest BCUT2D eigenvalue weighted by atomic mass is 35.5. The molecule has 0 spiro atoms. The zero-order valence-electron chi connectivity index (χ0n) is 12.0. The highest BCUT2D eigenvalue weighted by molar-refractivity contribution is 5.87. The van der Waals surface area contributed by atoms with E-state index in [2.05, 4.69) is 10.6 Å². The van der Waals surface area contributed by atoms with Crippen molar-refractivity contribution in [2.24, 2.45) is 17.1 Å². The average molecular weight is 292 g/mol. The average Bonchev–Trinajstić information content (AvgIpc) is 2.73. The molecule has 1 unspecified atom stereocenters. The molecule has 1 heterocycles. The van der Waals surface area contributed by atoms with Gasteiger partial charge in [0.15, 0.2) is 0 Å². The van der Waals surface area contributed by atoms with Gasteiger partial charge in [-0.3, -0.25) is 9.59 Å². The first kappa shape index (κ1) is 18.2. The summed E-state index contributed by atoms with van der Waals surface area (Å²) in [7, 11) is 0. The molecule has 1 aliphatic rings. The molecule has 4 N–H and O–H groups in total. The molecule has 0 aromatic rings. The van der Waals surface area contributed by atoms with E-state index in [0.717, 1.165) is 25.9 Å². The Morgan fingerprint density at radius 1 is 1.42 bits per heavy atom. The number of amides is 2. The number of nitrogens with two attached hydrogens (primary N) is 1. The lowest BCUT2D eigenvalue weighted by Crippen LogP contribution is -2.52. The maximum atomic E-state index is 11.8. The van der Waals surface area contributed by atoms with Gasteiger partial charge in [-0.2, -0.15) is 0 Å². The van der Waals surface area contributed by atoms with Gasteiger partial charge < -0.3 is 16.4 Å². The predicted molar refractivity (Wildman–Crippen MR) is 78.0 cm³/mol. The van der Waals surface area contributed by atoms with E-state index in [0.29, 0.717) is 12.3 Å². The van der Waals surface area contributed by atoms with Crippen molar-refractivity contribution in [3.8, 4) is 0 Å². The fourth-order valence-corrected chi connectivity index (χ4v) is 2.24. The van der Waals surface area contributed by atoms with Crippen LogP contribution in [0, 0.1) is 11.3 Å². The summed E-state index contributed by atoms with van der Waals surface area (Å²) in [6, 6.07) is -0.605. The highest BCUT2D eigenvalue weighted by Crippen LogP contribution is 2.20. The van der Waals surface area contributed by atoms with Crippen molar-refractivity contribution in [1.82, 2.24) is 10.6 Å². The highest BCUT2D eigenvalue weighted by Gasteiger charge is 2.31. The Morgan fingerprint density at radius 3 is 2.47 bits per heavy atom. The molecule has 6 heteroatoms. The lowest BCUT2D eigenvalue weighted by atomic mass is 9.86. The minimum atomic E-state index is -0.605. The van der Waals surface area contributed by atoms with E-state index in [1.165, 1.54) is 0 Å². The van der Waals surface area contributed by atoms with Crippen molar-refractivity contribution >= 4 is 24.2 Å². The summed E-state index contributed by atoms with van der Waals surface area (Å²) in [6.07, 6.45) is 2.46. The minimum Gasteiger partial charge on any atom is -0.368 e. The molecule has 0 aliphatic carbocycles. The molecule has 2 atom stereocenters. The van der Waals surface area contributed by atoms with Crippen molar-refractivity contribution in [3.05, 3.63) is 0 Å². The predicted octanol–water partition coefficient (Wildman–Crippen LogP) is 0.814. The van der Waals surface area contributed by atoms with Crippen molar-refractivity contribution < 1.29 is 9.59 Å². The van der Waals surface area contributed by atoms with Crippen LogP contribution >= 0.6 is 12.4 Å². The summed E-state index contributed by atoms with van der Waals surface area (Å²) in [4.78, 5) is 23.2. The molecule has 0 bridgehead atoms. The Balaban J connectivity index is 0.00000324. The third-order valence-electron chi connectivity index (χ3n) is 3.40. The molecule has 1 rings (SSSR count). The van der Waals surface area contributed by atoms with E-state index >= 15 is 0 Å². The van der Waals surface area contributed by atoms with E-state index < -0.39 is 11.9 Å². The third kappa shape index (κ3) is 6.25. The molecule has 112 valence electrons. The smallest absolute Gasteiger partial charge is 0.240 e. The molecular formula is C13H26ClN3O2. The zero-order chi connectivity index (χ0) is 13.8. The van der Waals surface area contributed by atoms with E-state index in [1.807, 2.05) is 20.8 Å². The van der Waals surface area contributed by atoms with Gasteiger partial charge in [-0.1, -0.05) is 20.8 Å². The van der Waals surface area contributed by atoms with Gasteiger partial charge in [0, 0.05) is 6.42 Å². The number of nitrogens with one attached hydrogen (secondary N) is 2. The number of primary amides is 1. The summed E-state index contributed by atoms with van der Waals surface area (Å²) >= 11 is 0. The molecule has 19 heavy (non-hydrogen) atoms. The van der Waals surface area contributed by atoms with Gasteiger partial charge in [-0.15, -0.1) is 12.4 Å². The van der Waals surface area contributed by atoms with Crippen molar-refractivity contribution in [3.63, 3.8) is 0 Å². The van der Waals surface area contributed by atoms with Crippen molar-refractivity contribution in [2.75, 3.05) is 13.1 Å². The SMILES string of the molecule is CC(C)(C)[C@H](NC(=O)CCC1CCNC1)C(N)=O.Cl. The molecule has 0 aromatic carbocycles. The minimum absolute atomic E-state index is 0. The van der Waals surface area contributed by atoms with Crippen LogP contribution in [0.4, 0.5) is 0 Å². The van der Waals surface area contributed by atoms with Gasteiger partial charge in [0.1, 0.15) is 6.04 Å². The number of carbonyl (C=O) groups is 2. The maximum Gasteiger partial charge on any atom is 0.240 e. The summed E-state index contributed by atoms with van der Waals surface area (Å²) in [5.41, 5.74) is 4.97. The van der Waals surface area contributed by atoms with Crippen LogP contribution in [0.25, 0.3) is 0 Å². The Hall–Kier alpha value is -0.810. The first-order valence-corrected chi connectivity index (χ1v) is 6.60. The molecule has 1 aliphatic heterocycles. The summed E-state index contributed by atoms with van der Waals surface area (Å²) in [5, 5.41) is 6.02. The van der Waals surface area contributed by atoms with Crippen LogP contribution in [0.15, 0.2) is 0 Å². The summed E-state index contributed by atoms with van der Waals surface area (Å²) in [6.45, 7) is 7.71. The van der Waals surface area contributed by atoms with E-state index in [1.54, 1.807) is 0 Å².